The van der Waals surface area contributed by atoms with Gasteiger partial charge in [-0.15, -0.1) is 0 Å². The van der Waals surface area contributed by atoms with Gasteiger partial charge in [0, 0.05) is 34.1 Å². The molecule has 2 nitrogen and oxygen atoms in total. The van der Waals surface area contributed by atoms with Crippen LogP contribution in [-0.2, 0) is 32.5 Å². The van der Waals surface area contributed by atoms with Gasteiger partial charge in [-0.25, -0.2) is 0 Å². The Balaban J connectivity index is 1.48. The molecule has 10 rings (SSSR count). The lowest BCUT2D eigenvalue weighted by Crippen LogP contribution is -2.61. The third-order valence-electron chi connectivity index (χ3n) is 16.9. The molecule has 8 aromatic carbocycles. The molecule has 8 aromatic rings. The van der Waals surface area contributed by atoms with Crippen LogP contribution in [0.15, 0.2) is 146 Å². The van der Waals surface area contributed by atoms with E-state index < -0.39 is 0 Å². The first-order valence-corrected chi connectivity index (χ1v) is 28.9. The quantitative estimate of drug-likeness (QED) is 0.159. The largest absolute Gasteiger partial charge is 0.311 e. The Hall–Kier alpha value is -6.58. The Labute approximate surface area is 471 Å². The molecule has 0 aromatic heterocycles. The Morgan fingerprint density at radius 1 is 0.321 bits per heavy atom. The predicted molar refractivity (Wildman–Crippen MR) is 343 cm³/mol. The van der Waals surface area contributed by atoms with E-state index in [2.05, 4.69) is 301 Å². The van der Waals surface area contributed by atoms with E-state index in [1.165, 1.54) is 134 Å². The van der Waals surface area contributed by atoms with Gasteiger partial charge in [-0.3, -0.25) is 0 Å². The second-order valence-corrected chi connectivity index (χ2v) is 29.5. The maximum absolute atomic E-state index is 2.71. The molecule has 0 unspecified atom stereocenters. The molecule has 0 atom stereocenters. The molecule has 0 N–H and O–H groups in total. The fourth-order valence-corrected chi connectivity index (χ4v) is 12.6. The van der Waals surface area contributed by atoms with Crippen LogP contribution in [0.2, 0.25) is 0 Å². The fraction of sp³-hybridized carbons (Fsp3) is 0.360. The molecule has 2 heterocycles. The molecule has 0 spiro atoms. The summed E-state index contributed by atoms with van der Waals surface area (Å²) in [5.41, 5.74) is 30.1. The maximum Gasteiger partial charge on any atom is 0.252 e. The van der Waals surface area contributed by atoms with Crippen molar-refractivity contribution in [3.63, 3.8) is 0 Å². The minimum Gasteiger partial charge on any atom is -0.311 e. The summed E-state index contributed by atoms with van der Waals surface area (Å²) in [4.78, 5) is 5.41. The first-order valence-electron chi connectivity index (χ1n) is 28.9. The van der Waals surface area contributed by atoms with E-state index in [1.807, 2.05) is 0 Å². The van der Waals surface area contributed by atoms with Gasteiger partial charge in [0.1, 0.15) is 0 Å². The van der Waals surface area contributed by atoms with Crippen molar-refractivity contribution < 1.29 is 0 Å². The number of hydrogen-bond donors (Lipinski definition) is 0. The van der Waals surface area contributed by atoms with Gasteiger partial charge >= 0.3 is 0 Å². The Morgan fingerprint density at radius 3 is 0.962 bits per heavy atom. The molecular formula is C75H87BN2. The average molecular weight is 1030 g/mol. The molecule has 0 saturated carbocycles. The van der Waals surface area contributed by atoms with Crippen molar-refractivity contribution in [3.8, 4) is 33.4 Å². The SMILES string of the molecule is Cc1cc(C)c(-c2cc3c4c(c2)N(c2cc(C(C)(C)C)cc(C(C)(C)C)c2)c2cc(C(C)(C)C)c(-c5ccccc5)cc2B4c2cc(-c4ccccc4)c(C(C)(C)C)cc2N3c2cc(C(C)(C)C)cc(C(C)(C)C)c2)c(C)c1. The van der Waals surface area contributed by atoms with Crippen molar-refractivity contribution >= 4 is 57.2 Å². The van der Waals surface area contributed by atoms with Crippen molar-refractivity contribution in [3.05, 3.63) is 196 Å². The Bertz CT molecular complexity index is 3350. The highest BCUT2D eigenvalue weighted by Gasteiger charge is 2.46. The van der Waals surface area contributed by atoms with E-state index in [0.717, 1.165) is 0 Å². The van der Waals surface area contributed by atoms with Crippen molar-refractivity contribution in [2.24, 2.45) is 0 Å². The van der Waals surface area contributed by atoms with E-state index in [9.17, 15) is 0 Å². The minimum absolute atomic E-state index is 0.0977. The van der Waals surface area contributed by atoms with Crippen LogP contribution in [0, 0.1) is 20.8 Å². The molecule has 2 aliphatic rings. The van der Waals surface area contributed by atoms with E-state index >= 15 is 0 Å². The second-order valence-electron chi connectivity index (χ2n) is 29.5. The van der Waals surface area contributed by atoms with Crippen molar-refractivity contribution in [2.75, 3.05) is 9.80 Å². The van der Waals surface area contributed by atoms with Crippen LogP contribution < -0.4 is 26.2 Å². The normalized spacial score (nSPS) is 13.9. The molecular weight excluding hydrogens is 940 g/mol. The standard InChI is InChI=1S/C75H87BN2/c1-46-32-47(2)68(48(3)33-46)51-34-66-69-67(35-51)78(57-40-54(72(10,11)12)37-55(41-57)73(13,14)15)65-45-61(75(19,20)21)59(50-30-26-23-27-31-50)43-63(65)76(69)62-42-58(49-28-24-22-25-29-49)60(74(16,17)18)44-64(62)77(66)56-38-52(70(4,5)6)36-53(39-56)71(7,8)9/h22-45H,1-21H3. The first-order chi connectivity index (χ1) is 36.2. The van der Waals surface area contributed by atoms with E-state index in [-0.39, 0.29) is 39.2 Å². The zero-order chi connectivity index (χ0) is 56.6. The van der Waals surface area contributed by atoms with Gasteiger partial charge in [0.2, 0.25) is 0 Å². The number of rotatable bonds is 5. The molecule has 0 amide bonds. The topological polar surface area (TPSA) is 6.48 Å². The lowest BCUT2D eigenvalue weighted by Gasteiger charge is -2.46. The van der Waals surface area contributed by atoms with Crippen molar-refractivity contribution in [1.29, 1.82) is 0 Å². The molecule has 3 heteroatoms. The van der Waals surface area contributed by atoms with Gasteiger partial charge in [0.05, 0.1) is 0 Å². The lowest BCUT2D eigenvalue weighted by molar-refractivity contribution is 0.568. The van der Waals surface area contributed by atoms with Gasteiger partial charge in [-0.1, -0.05) is 227 Å². The van der Waals surface area contributed by atoms with Crippen LogP contribution >= 0.6 is 0 Å². The Morgan fingerprint density at radius 2 is 0.654 bits per heavy atom. The number of hydrogen-bond acceptors (Lipinski definition) is 2. The predicted octanol–water partition coefficient (Wildman–Crippen LogP) is 19.5. The van der Waals surface area contributed by atoms with Gasteiger partial charge in [-0.2, -0.15) is 0 Å². The van der Waals surface area contributed by atoms with Crippen LogP contribution in [0.25, 0.3) is 33.4 Å². The third-order valence-corrected chi connectivity index (χ3v) is 16.9. The number of anilines is 6. The molecule has 0 radical (unpaired) electrons. The smallest absolute Gasteiger partial charge is 0.252 e. The average Bonchev–Trinajstić information content (AvgIpc) is 2.40. The highest BCUT2D eigenvalue weighted by molar-refractivity contribution is 7.00. The number of fused-ring (bicyclic) bond motifs is 4. The molecule has 0 saturated heterocycles. The van der Waals surface area contributed by atoms with E-state index in [4.69, 9.17) is 0 Å². The highest BCUT2D eigenvalue weighted by Crippen LogP contribution is 2.52. The molecule has 400 valence electrons. The van der Waals surface area contributed by atoms with Crippen LogP contribution in [-0.4, -0.2) is 6.71 Å². The van der Waals surface area contributed by atoms with Gasteiger partial charge < -0.3 is 9.80 Å². The summed E-state index contributed by atoms with van der Waals surface area (Å²) in [5.74, 6) is 0. The maximum atomic E-state index is 2.71. The molecule has 0 fully saturated rings. The summed E-state index contributed by atoms with van der Waals surface area (Å²) in [6.45, 7) is 49.6. The number of benzene rings is 8. The number of aryl methyl sites for hydroxylation is 3. The summed E-state index contributed by atoms with van der Waals surface area (Å²) in [5, 5.41) is 0. The van der Waals surface area contributed by atoms with Crippen LogP contribution in [0.5, 0.6) is 0 Å². The monoisotopic (exact) mass is 1030 g/mol. The summed E-state index contributed by atoms with van der Waals surface area (Å²) in [7, 11) is 0. The molecule has 0 bridgehead atoms. The zero-order valence-corrected chi connectivity index (χ0v) is 51.3. The summed E-state index contributed by atoms with van der Waals surface area (Å²) < 4.78 is 0. The first kappa shape index (κ1) is 54.8. The zero-order valence-electron chi connectivity index (χ0n) is 51.3. The fourth-order valence-electron chi connectivity index (χ4n) is 12.6. The van der Waals surface area contributed by atoms with Gasteiger partial charge in [0.15, 0.2) is 0 Å². The third kappa shape index (κ3) is 9.88. The summed E-state index contributed by atoms with van der Waals surface area (Å²) in [6, 6.07) is 57.7. The van der Waals surface area contributed by atoms with Crippen molar-refractivity contribution in [1.82, 2.24) is 0 Å². The molecule has 78 heavy (non-hydrogen) atoms. The van der Waals surface area contributed by atoms with Gasteiger partial charge in [0.25, 0.3) is 6.71 Å². The van der Waals surface area contributed by atoms with Crippen LogP contribution in [0.1, 0.15) is 175 Å². The summed E-state index contributed by atoms with van der Waals surface area (Å²) in [6.07, 6.45) is 0. The Kier molecular flexibility index (Phi) is 13.2. The van der Waals surface area contributed by atoms with Crippen LogP contribution in [0.3, 0.4) is 0 Å². The van der Waals surface area contributed by atoms with E-state index in [1.54, 1.807) is 0 Å². The van der Waals surface area contributed by atoms with Gasteiger partial charge in [-0.05, 0) is 196 Å². The minimum atomic E-state index is -0.175. The van der Waals surface area contributed by atoms with Crippen LogP contribution in [0.4, 0.5) is 34.1 Å². The van der Waals surface area contributed by atoms with Crippen molar-refractivity contribution in [2.45, 2.75) is 178 Å². The lowest BCUT2D eigenvalue weighted by atomic mass is 9.33. The second kappa shape index (κ2) is 18.8. The summed E-state index contributed by atoms with van der Waals surface area (Å²) >= 11 is 0. The molecule has 0 aliphatic carbocycles. The van der Waals surface area contributed by atoms with E-state index in [0.29, 0.717) is 0 Å². The number of nitrogens with zero attached hydrogens (tertiary/aromatic N) is 2. The molecule has 2 aliphatic heterocycles. The highest BCUT2D eigenvalue weighted by atomic mass is 15.2.